The summed E-state index contributed by atoms with van der Waals surface area (Å²) in [5.41, 5.74) is 8.38. The van der Waals surface area contributed by atoms with E-state index >= 15 is 0 Å². The van der Waals surface area contributed by atoms with Gasteiger partial charge < -0.3 is 10.6 Å². The van der Waals surface area contributed by atoms with Crippen LogP contribution in [0.15, 0.2) is 24.3 Å². The average Bonchev–Trinajstić information content (AvgIpc) is 2.47. The molecule has 1 aliphatic heterocycles. The molecule has 1 aromatic rings. The molecule has 3 heteroatoms. The van der Waals surface area contributed by atoms with Crippen molar-refractivity contribution in [3.8, 4) is 0 Å². The fourth-order valence-corrected chi connectivity index (χ4v) is 2.22. The zero-order valence-corrected chi connectivity index (χ0v) is 10.4. The van der Waals surface area contributed by atoms with Crippen LogP contribution in [-0.2, 0) is 11.3 Å². The molecule has 1 amide bonds. The van der Waals surface area contributed by atoms with E-state index in [0.29, 0.717) is 6.42 Å². The first-order valence-corrected chi connectivity index (χ1v) is 6.24. The van der Waals surface area contributed by atoms with Crippen molar-refractivity contribution >= 4 is 5.91 Å². The molecular weight excluding hydrogens is 212 g/mol. The average molecular weight is 232 g/mol. The van der Waals surface area contributed by atoms with Crippen molar-refractivity contribution in [2.24, 2.45) is 5.73 Å². The number of rotatable bonds is 2. The Morgan fingerprint density at radius 3 is 2.88 bits per heavy atom. The molecule has 2 rings (SSSR count). The van der Waals surface area contributed by atoms with E-state index in [0.717, 1.165) is 25.9 Å². The van der Waals surface area contributed by atoms with Crippen molar-refractivity contribution in [3.63, 3.8) is 0 Å². The van der Waals surface area contributed by atoms with Gasteiger partial charge in [-0.1, -0.05) is 24.3 Å². The molecule has 0 bridgehead atoms. The lowest BCUT2D eigenvalue weighted by atomic mass is 10.1. The van der Waals surface area contributed by atoms with Crippen LogP contribution in [0.5, 0.6) is 0 Å². The predicted octanol–water partition coefficient (Wildman–Crippen LogP) is 1.83. The van der Waals surface area contributed by atoms with Crippen LogP contribution < -0.4 is 5.73 Å². The van der Waals surface area contributed by atoms with E-state index in [-0.39, 0.29) is 11.9 Å². The Morgan fingerprint density at radius 2 is 2.12 bits per heavy atom. The van der Waals surface area contributed by atoms with Crippen molar-refractivity contribution in [2.75, 3.05) is 6.54 Å². The number of hydrogen-bond acceptors (Lipinski definition) is 2. The molecule has 17 heavy (non-hydrogen) atoms. The molecule has 1 saturated heterocycles. The Balaban J connectivity index is 2.07. The smallest absolute Gasteiger partial charge is 0.222 e. The maximum atomic E-state index is 11.9. The zero-order valence-electron chi connectivity index (χ0n) is 10.4. The summed E-state index contributed by atoms with van der Waals surface area (Å²) >= 11 is 0. The van der Waals surface area contributed by atoms with Crippen LogP contribution >= 0.6 is 0 Å². The molecule has 0 spiro atoms. The van der Waals surface area contributed by atoms with Gasteiger partial charge in [-0.05, 0) is 30.9 Å². The highest BCUT2D eigenvalue weighted by molar-refractivity contribution is 5.76. The Morgan fingerprint density at radius 1 is 1.35 bits per heavy atom. The number of hydrogen-bond donors (Lipinski definition) is 1. The van der Waals surface area contributed by atoms with Crippen molar-refractivity contribution in [3.05, 3.63) is 35.4 Å². The third-order valence-corrected chi connectivity index (χ3v) is 3.47. The minimum Gasteiger partial charge on any atom is -0.338 e. The molecule has 1 heterocycles. The summed E-state index contributed by atoms with van der Waals surface area (Å²) < 4.78 is 0. The van der Waals surface area contributed by atoms with E-state index in [4.69, 9.17) is 5.73 Å². The van der Waals surface area contributed by atoms with Crippen LogP contribution in [-0.4, -0.2) is 23.4 Å². The molecule has 0 aliphatic carbocycles. The Kier molecular flexibility index (Phi) is 3.79. The van der Waals surface area contributed by atoms with Crippen molar-refractivity contribution in [1.82, 2.24) is 4.90 Å². The molecule has 0 saturated carbocycles. The van der Waals surface area contributed by atoms with Crippen LogP contribution in [0.1, 0.15) is 30.4 Å². The first kappa shape index (κ1) is 12.1. The standard InChI is InChI=1S/C14H20N2O/c1-11-4-2-3-5-12(11)10-16-9-8-13(15)6-7-14(16)17/h2-5,13H,6-10,15H2,1H3. The van der Waals surface area contributed by atoms with Gasteiger partial charge in [-0.3, -0.25) is 4.79 Å². The number of carbonyl (C=O) groups is 1. The maximum absolute atomic E-state index is 11.9. The van der Waals surface area contributed by atoms with Gasteiger partial charge in [0.2, 0.25) is 5.91 Å². The van der Waals surface area contributed by atoms with Gasteiger partial charge in [-0.15, -0.1) is 0 Å². The lowest BCUT2D eigenvalue weighted by Crippen LogP contribution is -2.30. The minimum atomic E-state index is 0.181. The molecule has 3 nitrogen and oxygen atoms in total. The Labute approximate surface area is 103 Å². The molecule has 1 aromatic carbocycles. The van der Waals surface area contributed by atoms with Crippen molar-refractivity contribution in [2.45, 2.75) is 38.8 Å². The summed E-state index contributed by atoms with van der Waals surface area (Å²) in [5.74, 6) is 0.237. The van der Waals surface area contributed by atoms with E-state index in [1.807, 2.05) is 17.0 Å². The molecule has 1 aliphatic rings. The van der Waals surface area contributed by atoms with Crippen LogP contribution in [0.2, 0.25) is 0 Å². The quantitative estimate of drug-likeness (QED) is 0.845. The van der Waals surface area contributed by atoms with Gasteiger partial charge in [0.25, 0.3) is 0 Å². The predicted molar refractivity (Wildman–Crippen MR) is 68.4 cm³/mol. The summed E-state index contributed by atoms with van der Waals surface area (Å²) in [6, 6.07) is 8.41. The second kappa shape index (κ2) is 5.32. The van der Waals surface area contributed by atoms with Gasteiger partial charge in [-0.25, -0.2) is 0 Å². The van der Waals surface area contributed by atoms with E-state index in [9.17, 15) is 4.79 Å². The van der Waals surface area contributed by atoms with Crippen LogP contribution in [0.4, 0.5) is 0 Å². The normalized spacial score (nSPS) is 21.4. The molecule has 0 aromatic heterocycles. The second-order valence-electron chi connectivity index (χ2n) is 4.83. The monoisotopic (exact) mass is 232 g/mol. The van der Waals surface area contributed by atoms with Crippen molar-refractivity contribution < 1.29 is 4.79 Å². The van der Waals surface area contributed by atoms with E-state index in [1.165, 1.54) is 11.1 Å². The lowest BCUT2D eigenvalue weighted by Gasteiger charge is -2.21. The summed E-state index contributed by atoms with van der Waals surface area (Å²) in [5, 5.41) is 0. The van der Waals surface area contributed by atoms with E-state index in [1.54, 1.807) is 0 Å². The maximum Gasteiger partial charge on any atom is 0.222 e. The topological polar surface area (TPSA) is 46.3 Å². The summed E-state index contributed by atoms with van der Waals surface area (Å²) in [4.78, 5) is 13.9. The highest BCUT2D eigenvalue weighted by atomic mass is 16.2. The number of nitrogens with two attached hydrogens (primary N) is 1. The highest BCUT2D eigenvalue weighted by Gasteiger charge is 2.20. The summed E-state index contributed by atoms with van der Waals surface area (Å²) in [6.45, 7) is 3.59. The number of benzene rings is 1. The first-order valence-electron chi connectivity index (χ1n) is 6.24. The van der Waals surface area contributed by atoms with Gasteiger partial charge in [0.05, 0.1) is 0 Å². The number of nitrogens with zero attached hydrogens (tertiary/aromatic N) is 1. The van der Waals surface area contributed by atoms with Crippen LogP contribution in [0.25, 0.3) is 0 Å². The summed E-state index contributed by atoms with van der Waals surface area (Å²) in [7, 11) is 0. The zero-order chi connectivity index (χ0) is 12.3. The molecular formula is C14H20N2O. The fourth-order valence-electron chi connectivity index (χ4n) is 2.22. The number of carbonyl (C=O) groups excluding carboxylic acids is 1. The van der Waals surface area contributed by atoms with Gasteiger partial charge in [0, 0.05) is 25.6 Å². The second-order valence-corrected chi connectivity index (χ2v) is 4.83. The molecule has 1 atom stereocenters. The Hall–Kier alpha value is -1.35. The third-order valence-electron chi connectivity index (χ3n) is 3.47. The SMILES string of the molecule is Cc1ccccc1CN1CCC(N)CCC1=O. The van der Waals surface area contributed by atoms with Gasteiger partial charge in [-0.2, -0.15) is 0 Å². The summed E-state index contributed by atoms with van der Waals surface area (Å²) in [6.07, 6.45) is 2.33. The largest absolute Gasteiger partial charge is 0.338 e. The number of likely N-dealkylation sites (tertiary alicyclic amines) is 1. The van der Waals surface area contributed by atoms with E-state index in [2.05, 4.69) is 19.1 Å². The highest BCUT2D eigenvalue weighted by Crippen LogP contribution is 2.16. The number of aryl methyl sites for hydroxylation is 1. The fraction of sp³-hybridized carbons (Fsp3) is 0.500. The van der Waals surface area contributed by atoms with Gasteiger partial charge in [0.1, 0.15) is 0 Å². The van der Waals surface area contributed by atoms with Gasteiger partial charge >= 0.3 is 0 Å². The Bertz CT molecular complexity index is 403. The minimum absolute atomic E-state index is 0.181. The van der Waals surface area contributed by atoms with Crippen LogP contribution in [0, 0.1) is 6.92 Å². The third kappa shape index (κ3) is 3.07. The van der Waals surface area contributed by atoms with Crippen LogP contribution in [0.3, 0.4) is 0 Å². The molecule has 92 valence electrons. The van der Waals surface area contributed by atoms with Crippen molar-refractivity contribution in [1.29, 1.82) is 0 Å². The first-order chi connectivity index (χ1) is 8.16. The van der Waals surface area contributed by atoms with Gasteiger partial charge in [0.15, 0.2) is 0 Å². The van der Waals surface area contributed by atoms with E-state index < -0.39 is 0 Å². The molecule has 1 fully saturated rings. The lowest BCUT2D eigenvalue weighted by molar-refractivity contribution is -0.131. The molecule has 0 radical (unpaired) electrons. The number of amides is 1. The molecule has 2 N–H and O–H groups in total. The molecule has 1 unspecified atom stereocenters.